The van der Waals surface area contributed by atoms with Crippen molar-refractivity contribution in [3.05, 3.63) is 30.3 Å². The van der Waals surface area contributed by atoms with E-state index in [4.69, 9.17) is 23.2 Å². The van der Waals surface area contributed by atoms with Gasteiger partial charge >= 0.3 is 0 Å². The molecule has 1 aromatic rings. The van der Waals surface area contributed by atoms with Gasteiger partial charge < -0.3 is 9.90 Å². The Morgan fingerprint density at radius 3 is 1.74 bits per heavy atom. The number of hydrogen-bond donors (Lipinski definition) is 0. The third-order valence-electron chi connectivity index (χ3n) is 3.30. The standard InChI is InChI=1S/C12H20N.C2H2Cl2O2/c1-4-13(5-2,6-3)12-10-8-7-9-11-12;3-1(4)2(5)6/h7-11H,4-6H2,1-3H3;1H,(H,5,6)/q+1;/p-1. The van der Waals surface area contributed by atoms with Crippen molar-refractivity contribution in [3.63, 3.8) is 0 Å². The summed E-state index contributed by atoms with van der Waals surface area (Å²) < 4.78 is 1.10. The Morgan fingerprint density at radius 2 is 1.47 bits per heavy atom. The van der Waals surface area contributed by atoms with Crippen molar-refractivity contribution in [2.24, 2.45) is 0 Å². The number of carboxylic acids is 1. The Balaban J connectivity index is 0.000000459. The number of quaternary nitrogens is 1. The molecule has 0 atom stereocenters. The summed E-state index contributed by atoms with van der Waals surface area (Å²) in [7, 11) is 0. The minimum atomic E-state index is -1.46. The molecule has 0 radical (unpaired) electrons. The number of carbonyl (C=O) groups excluding carboxylic acids is 1. The maximum absolute atomic E-state index is 9.32. The molecule has 0 unspecified atom stereocenters. The van der Waals surface area contributed by atoms with Crippen LogP contribution in [0.1, 0.15) is 20.8 Å². The molecule has 0 fully saturated rings. The molecule has 0 bridgehead atoms. The molecule has 0 saturated carbocycles. The maximum Gasteiger partial charge on any atom is 0.146 e. The highest BCUT2D eigenvalue weighted by Crippen LogP contribution is 2.21. The van der Waals surface area contributed by atoms with Crippen molar-refractivity contribution in [2.75, 3.05) is 19.6 Å². The number of hydrogen-bond acceptors (Lipinski definition) is 2. The van der Waals surface area contributed by atoms with Gasteiger partial charge in [0.15, 0.2) is 0 Å². The van der Waals surface area contributed by atoms with Gasteiger partial charge in [-0.15, -0.1) is 0 Å². The van der Waals surface area contributed by atoms with Crippen molar-refractivity contribution >= 4 is 34.9 Å². The Hall–Kier alpha value is -0.770. The minimum Gasteiger partial charge on any atom is -0.547 e. The van der Waals surface area contributed by atoms with Crippen LogP contribution in [0.15, 0.2) is 30.3 Å². The zero-order valence-corrected chi connectivity index (χ0v) is 13.1. The summed E-state index contributed by atoms with van der Waals surface area (Å²) in [6.07, 6.45) is 0. The zero-order chi connectivity index (χ0) is 14.9. The molecule has 19 heavy (non-hydrogen) atoms. The molecule has 0 N–H and O–H groups in total. The van der Waals surface area contributed by atoms with Gasteiger partial charge in [0.1, 0.15) is 10.5 Å². The second-order valence-corrected chi connectivity index (χ2v) is 5.15. The highest BCUT2D eigenvalue weighted by Gasteiger charge is 2.23. The molecule has 0 spiro atoms. The van der Waals surface area contributed by atoms with Crippen LogP contribution >= 0.6 is 23.2 Å². The Bertz CT molecular complexity index is 357. The van der Waals surface area contributed by atoms with Crippen molar-refractivity contribution in [1.82, 2.24) is 4.48 Å². The van der Waals surface area contributed by atoms with Crippen LogP contribution in [0.5, 0.6) is 0 Å². The first-order valence-electron chi connectivity index (χ1n) is 6.34. The van der Waals surface area contributed by atoms with Crippen LogP contribution < -0.4 is 9.59 Å². The first kappa shape index (κ1) is 18.2. The van der Waals surface area contributed by atoms with Gasteiger partial charge in [0, 0.05) is 0 Å². The van der Waals surface area contributed by atoms with Gasteiger partial charge in [0.05, 0.1) is 25.6 Å². The fourth-order valence-electron chi connectivity index (χ4n) is 1.96. The number of carbonyl (C=O) groups is 1. The number of aliphatic carboxylic acids is 1. The average Bonchev–Trinajstić information content (AvgIpc) is 2.43. The van der Waals surface area contributed by atoms with E-state index in [1.807, 2.05) is 0 Å². The predicted octanol–water partition coefficient (Wildman–Crippen LogP) is 2.59. The fourth-order valence-corrected chi connectivity index (χ4v) is 1.96. The van der Waals surface area contributed by atoms with E-state index in [0.717, 1.165) is 4.48 Å². The lowest BCUT2D eigenvalue weighted by Gasteiger charge is -2.35. The van der Waals surface area contributed by atoms with Gasteiger partial charge in [-0.25, -0.2) is 0 Å². The lowest BCUT2D eigenvalue weighted by Crippen LogP contribution is -2.48. The molecular formula is C14H21Cl2NO2. The Kier molecular flexibility index (Phi) is 8.81. The largest absolute Gasteiger partial charge is 0.547 e. The van der Waals surface area contributed by atoms with Gasteiger partial charge in [-0.05, 0) is 32.9 Å². The van der Waals surface area contributed by atoms with E-state index in [0.29, 0.717) is 0 Å². The summed E-state index contributed by atoms with van der Waals surface area (Å²) in [4.78, 5) is 7.93. The normalized spacial score (nSPS) is 10.8. The minimum absolute atomic E-state index is 1.10. The molecule has 0 aliphatic heterocycles. The number of carboxylic acid groups (broad SMARTS) is 1. The summed E-state index contributed by atoms with van der Waals surface area (Å²) in [5.74, 6) is -1.46. The molecule has 0 aromatic heterocycles. The Labute approximate surface area is 125 Å². The number of para-hydroxylation sites is 1. The first-order valence-corrected chi connectivity index (χ1v) is 7.21. The number of rotatable bonds is 5. The molecule has 0 heterocycles. The van der Waals surface area contributed by atoms with E-state index >= 15 is 0 Å². The second kappa shape index (κ2) is 9.18. The maximum atomic E-state index is 9.32. The van der Waals surface area contributed by atoms with Crippen LogP contribution in [-0.4, -0.2) is 30.4 Å². The van der Waals surface area contributed by atoms with Crippen LogP contribution in [0.3, 0.4) is 0 Å². The molecule has 3 nitrogen and oxygen atoms in total. The Morgan fingerprint density at radius 1 is 1.11 bits per heavy atom. The number of nitrogens with zero attached hydrogens (tertiary/aromatic N) is 1. The van der Waals surface area contributed by atoms with Gasteiger partial charge in [0.25, 0.3) is 0 Å². The molecule has 1 aromatic carbocycles. The third-order valence-corrected chi connectivity index (χ3v) is 3.65. The lowest BCUT2D eigenvalue weighted by atomic mass is 10.2. The molecule has 0 amide bonds. The van der Waals surface area contributed by atoms with Gasteiger partial charge in [-0.2, -0.15) is 0 Å². The van der Waals surface area contributed by atoms with Crippen molar-refractivity contribution in [2.45, 2.75) is 25.6 Å². The van der Waals surface area contributed by atoms with Crippen molar-refractivity contribution < 1.29 is 9.90 Å². The fraction of sp³-hybridized carbons (Fsp3) is 0.500. The average molecular weight is 306 g/mol. The van der Waals surface area contributed by atoms with E-state index in [1.54, 1.807) is 0 Å². The van der Waals surface area contributed by atoms with E-state index in [9.17, 15) is 9.90 Å². The molecule has 0 saturated heterocycles. The summed E-state index contributed by atoms with van der Waals surface area (Å²) in [5, 5.41) is 9.32. The van der Waals surface area contributed by atoms with Crippen LogP contribution in [0.25, 0.3) is 0 Å². The molecule has 0 aliphatic rings. The predicted molar refractivity (Wildman–Crippen MR) is 80.4 cm³/mol. The van der Waals surface area contributed by atoms with E-state index in [2.05, 4.69) is 51.1 Å². The third kappa shape index (κ3) is 5.81. The molecule has 108 valence electrons. The summed E-state index contributed by atoms with van der Waals surface area (Å²) in [5.41, 5.74) is 1.44. The summed E-state index contributed by atoms with van der Waals surface area (Å²) >= 11 is 9.43. The highest BCUT2D eigenvalue weighted by molar-refractivity contribution is 6.52. The lowest BCUT2D eigenvalue weighted by molar-refractivity contribution is -0.302. The SMILES string of the molecule is CC[N+](CC)(CC)c1ccccc1.O=C([O-])C(Cl)Cl. The van der Waals surface area contributed by atoms with E-state index in [-0.39, 0.29) is 0 Å². The van der Waals surface area contributed by atoms with E-state index < -0.39 is 10.8 Å². The van der Waals surface area contributed by atoms with Gasteiger partial charge in [-0.3, -0.25) is 4.48 Å². The second-order valence-electron chi connectivity index (χ2n) is 4.05. The van der Waals surface area contributed by atoms with E-state index in [1.165, 1.54) is 25.3 Å². The summed E-state index contributed by atoms with van der Waals surface area (Å²) in [6, 6.07) is 10.8. The highest BCUT2D eigenvalue weighted by atomic mass is 35.5. The first-order chi connectivity index (χ1) is 8.93. The molecule has 5 heteroatoms. The van der Waals surface area contributed by atoms with Crippen molar-refractivity contribution in [1.29, 1.82) is 0 Å². The monoisotopic (exact) mass is 305 g/mol. The summed E-state index contributed by atoms with van der Waals surface area (Å²) in [6.45, 7) is 10.3. The number of alkyl halides is 2. The van der Waals surface area contributed by atoms with Crippen LogP contribution in [0.4, 0.5) is 5.69 Å². The van der Waals surface area contributed by atoms with Gasteiger partial charge in [0.2, 0.25) is 0 Å². The van der Waals surface area contributed by atoms with Crippen LogP contribution in [0, 0.1) is 0 Å². The van der Waals surface area contributed by atoms with Crippen molar-refractivity contribution in [3.8, 4) is 0 Å². The smallest absolute Gasteiger partial charge is 0.146 e. The van der Waals surface area contributed by atoms with Gasteiger partial charge in [-0.1, -0.05) is 41.4 Å². The molecule has 1 rings (SSSR count). The number of halogens is 2. The zero-order valence-electron chi connectivity index (χ0n) is 11.6. The topological polar surface area (TPSA) is 40.1 Å². The quantitative estimate of drug-likeness (QED) is 0.620. The number of benzene rings is 1. The van der Waals surface area contributed by atoms with Crippen LogP contribution in [-0.2, 0) is 4.79 Å². The molecule has 0 aliphatic carbocycles. The van der Waals surface area contributed by atoms with Crippen LogP contribution in [0.2, 0.25) is 0 Å². The molecular weight excluding hydrogens is 285 g/mol.